The highest BCUT2D eigenvalue weighted by Gasteiger charge is 2.58. The number of carbonyl (C=O) groups is 2. The molecule has 0 unspecified atom stereocenters. The molecule has 0 aromatic rings. The summed E-state index contributed by atoms with van der Waals surface area (Å²) in [6, 6.07) is -0.00464. The van der Waals surface area contributed by atoms with Gasteiger partial charge in [0.05, 0.1) is 37.5 Å². The molecule has 3 fully saturated rings. The van der Waals surface area contributed by atoms with Crippen LogP contribution < -0.4 is 5.32 Å². The lowest BCUT2D eigenvalue weighted by molar-refractivity contribution is -0.144. The van der Waals surface area contributed by atoms with Crippen LogP contribution in [0.1, 0.15) is 60.3 Å². The fraction of sp³-hybridized carbons (Fsp3) is 0.733. The molecule has 0 radical (unpaired) electrons. The van der Waals surface area contributed by atoms with Gasteiger partial charge in [-0.05, 0) is 58.7 Å². The van der Waals surface area contributed by atoms with Crippen LogP contribution >= 0.6 is 0 Å². The number of rotatable bonds is 11. The zero-order chi connectivity index (χ0) is 28.0. The lowest BCUT2D eigenvalue weighted by atomic mass is 9.87. The number of epoxide rings is 1. The molecule has 0 aliphatic carbocycles. The van der Waals surface area contributed by atoms with Gasteiger partial charge in [-0.2, -0.15) is 0 Å². The second-order valence-electron chi connectivity index (χ2n) is 12.1. The van der Waals surface area contributed by atoms with Crippen molar-refractivity contribution in [3.05, 3.63) is 36.0 Å². The summed E-state index contributed by atoms with van der Waals surface area (Å²) < 4.78 is 18.1. The number of likely N-dealkylation sites (N-methyl/N-ethyl adjacent to an activating group) is 1. The molecular formula is C30H48N2O6. The molecule has 3 saturated heterocycles. The quantitative estimate of drug-likeness (QED) is 0.239. The summed E-state index contributed by atoms with van der Waals surface area (Å²) in [6.45, 7) is 11.2. The van der Waals surface area contributed by atoms with Gasteiger partial charge in [0.25, 0.3) is 0 Å². The maximum atomic E-state index is 12.3. The molecular weight excluding hydrogens is 484 g/mol. The molecule has 3 rings (SSSR count). The second kappa shape index (κ2) is 13.5. The standard InChI is InChI=1S/C30H48N2O6/c1-19(2)8-13-28(34)31-25-14-21(4)26(37-22(25)5)11-9-20(3)10-12-27-29(35)30(18-36-30)16-24(38-27)15-23(33)17-32(6)7/h8-10,12-13,19,21-22,24-27,29,35H,11,14-18H2,1-7H3,(H,31,34)/b12-10+,13-8-,20-9+/t21-,22+,24+,25+,26-,27+,29+,30+/m0/s1. The van der Waals surface area contributed by atoms with Crippen molar-refractivity contribution in [3.8, 4) is 0 Å². The minimum Gasteiger partial charge on any atom is -0.387 e. The molecule has 38 heavy (non-hydrogen) atoms. The SMILES string of the molecule is CC(/C=C/[C@H]1O[C@H](CC(=O)CN(C)C)C[C@@]2(CO2)[C@@H]1O)=C\C[C@@H]1O[C@H](C)[C@H](NC(=O)/C=C\C(C)C)C[C@@H]1C. The lowest BCUT2D eigenvalue weighted by Crippen LogP contribution is -2.50. The summed E-state index contributed by atoms with van der Waals surface area (Å²) in [5.41, 5.74) is 0.460. The minimum absolute atomic E-state index is 0.00464. The fourth-order valence-corrected chi connectivity index (χ4v) is 5.31. The average Bonchev–Trinajstić information content (AvgIpc) is 3.59. The molecule has 0 bridgehead atoms. The molecule has 0 aromatic heterocycles. The summed E-state index contributed by atoms with van der Waals surface area (Å²) in [6.07, 6.45) is 10.5. The second-order valence-corrected chi connectivity index (χ2v) is 12.1. The molecule has 8 heteroatoms. The van der Waals surface area contributed by atoms with Gasteiger partial charge < -0.3 is 29.5 Å². The lowest BCUT2D eigenvalue weighted by Gasteiger charge is -2.39. The van der Waals surface area contributed by atoms with Gasteiger partial charge >= 0.3 is 0 Å². The van der Waals surface area contributed by atoms with Crippen molar-refractivity contribution >= 4 is 11.7 Å². The van der Waals surface area contributed by atoms with Crippen LogP contribution in [0.15, 0.2) is 36.0 Å². The Bertz CT molecular complexity index is 906. The summed E-state index contributed by atoms with van der Waals surface area (Å²) in [7, 11) is 3.75. The van der Waals surface area contributed by atoms with E-state index in [1.807, 2.05) is 64.9 Å². The zero-order valence-corrected chi connectivity index (χ0v) is 24.2. The molecule has 3 aliphatic heterocycles. The van der Waals surface area contributed by atoms with Crippen LogP contribution in [0.3, 0.4) is 0 Å². The summed E-state index contributed by atoms with van der Waals surface area (Å²) in [5, 5.41) is 13.9. The Morgan fingerprint density at radius 1 is 1.18 bits per heavy atom. The van der Waals surface area contributed by atoms with E-state index in [2.05, 4.69) is 18.3 Å². The van der Waals surface area contributed by atoms with Crippen LogP contribution in [-0.2, 0) is 23.8 Å². The molecule has 0 saturated carbocycles. The van der Waals surface area contributed by atoms with Crippen molar-refractivity contribution in [2.24, 2.45) is 11.8 Å². The van der Waals surface area contributed by atoms with Crippen LogP contribution in [0.5, 0.6) is 0 Å². The van der Waals surface area contributed by atoms with E-state index in [4.69, 9.17) is 14.2 Å². The van der Waals surface area contributed by atoms with E-state index >= 15 is 0 Å². The van der Waals surface area contributed by atoms with E-state index in [1.54, 1.807) is 6.08 Å². The van der Waals surface area contributed by atoms with Gasteiger partial charge in [0, 0.05) is 12.8 Å². The molecule has 2 N–H and O–H groups in total. The average molecular weight is 533 g/mol. The minimum atomic E-state index is -0.753. The molecule has 3 heterocycles. The Morgan fingerprint density at radius 3 is 2.53 bits per heavy atom. The zero-order valence-electron chi connectivity index (χ0n) is 24.2. The number of nitrogens with zero attached hydrogens (tertiary/aromatic N) is 1. The molecule has 3 aliphatic rings. The first-order valence-corrected chi connectivity index (χ1v) is 14.0. The number of carbonyl (C=O) groups excluding carboxylic acids is 2. The first-order chi connectivity index (χ1) is 17.9. The maximum Gasteiger partial charge on any atom is 0.243 e. The number of hydrogen-bond donors (Lipinski definition) is 2. The molecule has 0 aromatic carbocycles. The van der Waals surface area contributed by atoms with Gasteiger partial charge in [0.2, 0.25) is 5.91 Å². The Hall–Kier alpha value is -1.84. The maximum absolute atomic E-state index is 12.3. The first-order valence-electron chi connectivity index (χ1n) is 14.0. The molecule has 214 valence electrons. The van der Waals surface area contributed by atoms with Crippen LogP contribution in [0.25, 0.3) is 0 Å². The summed E-state index contributed by atoms with van der Waals surface area (Å²) >= 11 is 0. The normalized spacial score (nSPS) is 36.1. The van der Waals surface area contributed by atoms with E-state index in [-0.39, 0.29) is 36.0 Å². The van der Waals surface area contributed by atoms with Crippen molar-refractivity contribution in [1.29, 1.82) is 0 Å². The third-order valence-corrected chi connectivity index (χ3v) is 7.63. The number of aliphatic hydroxyl groups excluding tert-OH is 1. The smallest absolute Gasteiger partial charge is 0.243 e. The highest BCUT2D eigenvalue weighted by Crippen LogP contribution is 2.43. The van der Waals surface area contributed by atoms with Crippen LogP contribution in [0.4, 0.5) is 0 Å². The van der Waals surface area contributed by atoms with E-state index in [0.717, 1.165) is 18.4 Å². The number of ketones is 1. The van der Waals surface area contributed by atoms with E-state index < -0.39 is 17.8 Å². The molecule has 8 atom stereocenters. The number of nitrogens with one attached hydrogen (secondary N) is 1. The first kappa shape index (κ1) is 30.7. The molecule has 8 nitrogen and oxygen atoms in total. The van der Waals surface area contributed by atoms with Gasteiger partial charge in [-0.15, -0.1) is 0 Å². The fourth-order valence-electron chi connectivity index (χ4n) is 5.31. The van der Waals surface area contributed by atoms with Gasteiger partial charge in [0.15, 0.2) is 0 Å². The van der Waals surface area contributed by atoms with Crippen LogP contribution in [0.2, 0.25) is 0 Å². The predicted octanol–water partition coefficient (Wildman–Crippen LogP) is 3.20. The number of ether oxygens (including phenoxy) is 3. The molecule has 1 amide bonds. The monoisotopic (exact) mass is 532 g/mol. The highest BCUT2D eigenvalue weighted by molar-refractivity contribution is 5.87. The molecule has 1 spiro atoms. The van der Waals surface area contributed by atoms with Gasteiger partial charge in [-0.1, -0.05) is 50.6 Å². The van der Waals surface area contributed by atoms with Crippen molar-refractivity contribution in [2.75, 3.05) is 27.2 Å². The van der Waals surface area contributed by atoms with Gasteiger partial charge in [-0.25, -0.2) is 0 Å². The largest absolute Gasteiger partial charge is 0.387 e. The number of Topliss-reactive ketones (excluding diaryl/α,β-unsaturated/α-hetero) is 1. The van der Waals surface area contributed by atoms with E-state index in [9.17, 15) is 14.7 Å². The van der Waals surface area contributed by atoms with Gasteiger partial charge in [-0.3, -0.25) is 9.59 Å². The van der Waals surface area contributed by atoms with Crippen molar-refractivity contribution in [3.63, 3.8) is 0 Å². The van der Waals surface area contributed by atoms with Gasteiger partial charge in [0.1, 0.15) is 23.6 Å². The summed E-state index contributed by atoms with van der Waals surface area (Å²) in [4.78, 5) is 26.4. The van der Waals surface area contributed by atoms with E-state index in [1.165, 1.54) is 0 Å². The highest BCUT2D eigenvalue weighted by atomic mass is 16.6. The third kappa shape index (κ3) is 8.85. The third-order valence-electron chi connectivity index (χ3n) is 7.63. The van der Waals surface area contributed by atoms with E-state index in [0.29, 0.717) is 37.8 Å². The topological polar surface area (TPSA) is 101 Å². The van der Waals surface area contributed by atoms with Crippen LogP contribution in [-0.4, -0.2) is 91.1 Å². The number of hydrogen-bond acceptors (Lipinski definition) is 7. The van der Waals surface area contributed by atoms with Crippen molar-refractivity contribution in [2.45, 2.75) is 102 Å². The Balaban J connectivity index is 1.53. The van der Waals surface area contributed by atoms with Crippen molar-refractivity contribution < 1.29 is 28.9 Å². The number of aliphatic hydroxyl groups is 1. The number of amides is 1. The van der Waals surface area contributed by atoms with Crippen molar-refractivity contribution in [1.82, 2.24) is 10.2 Å². The number of allylic oxidation sites excluding steroid dienone is 3. The predicted molar refractivity (Wildman–Crippen MR) is 148 cm³/mol. The van der Waals surface area contributed by atoms with Crippen LogP contribution in [0, 0.1) is 11.8 Å². The Morgan fingerprint density at radius 2 is 1.89 bits per heavy atom. The summed E-state index contributed by atoms with van der Waals surface area (Å²) in [5.74, 6) is 0.688. The Labute approximate surface area is 228 Å². The Kier molecular flexibility index (Phi) is 10.9.